The van der Waals surface area contributed by atoms with Gasteiger partial charge in [0.25, 0.3) is 5.91 Å². The molecule has 1 heterocycles. The Kier molecular flexibility index (Phi) is 1.72. The van der Waals surface area contributed by atoms with Crippen molar-refractivity contribution < 1.29 is 9.53 Å². The van der Waals surface area contributed by atoms with Crippen molar-refractivity contribution in [2.75, 3.05) is 11.9 Å². The molecule has 1 aromatic carbocycles. The van der Waals surface area contributed by atoms with Crippen LogP contribution in [0.2, 0.25) is 0 Å². The minimum Gasteiger partial charge on any atom is -0.481 e. The topological polar surface area (TPSA) is 38.3 Å². The molecule has 0 unspecified atom stereocenters. The van der Waals surface area contributed by atoms with Crippen molar-refractivity contribution in [3.8, 4) is 5.75 Å². The molecular weight excluding hydrogens is 166 g/mol. The number of hydrogen-bond donors (Lipinski definition) is 1. The standard InChI is InChI=1S/C10H11NO2/c1-6-3-7(2)10-8(4-6)11-9(12)5-13-10/h3-4H,5H2,1-2H3,(H,11,12). The molecule has 1 N–H and O–H groups in total. The van der Waals surface area contributed by atoms with Gasteiger partial charge in [0.2, 0.25) is 0 Å². The molecule has 1 amide bonds. The van der Waals surface area contributed by atoms with E-state index in [4.69, 9.17) is 4.74 Å². The average Bonchev–Trinajstić information content (AvgIpc) is 2.02. The molecule has 68 valence electrons. The van der Waals surface area contributed by atoms with Gasteiger partial charge in [-0.1, -0.05) is 6.07 Å². The van der Waals surface area contributed by atoms with Crippen LogP contribution in [-0.4, -0.2) is 12.5 Å². The molecule has 0 aromatic heterocycles. The number of anilines is 1. The van der Waals surface area contributed by atoms with E-state index < -0.39 is 0 Å². The van der Waals surface area contributed by atoms with E-state index in [0.717, 1.165) is 22.6 Å². The molecule has 1 aromatic rings. The Morgan fingerprint density at radius 3 is 2.92 bits per heavy atom. The third-order valence-electron chi connectivity index (χ3n) is 2.04. The maximum Gasteiger partial charge on any atom is 0.262 e. The summed E-state index contributed by atoms with van der Waals surface area (Å²) in [5, 5.41) is 2.78. The molecule has 3 nitrogen and oxygen atoms in total. The number of fused-ring (bicyclic) bond motifs is 1. The van der Waals surface area contributed by atoms with Crippen molar-refractivity contribution in [1.29, 1.82) is 0 Å². The lowest BCUT2D eigenvalue weighted by Crippen LogP contribution is -2.25. The normalized spacial score (nSPS) is 14.5. The number of ether oxygens (including phenoxy) is 1. The van der Waals surface area contributed by atoms with Gasteiger partial charge in [-0.15, -0.1) is 0 Å². The fourth-order valence-corrected chi connectivity index (χ4v) is 1.56. The number of benzene rings is 1. The Balaban J connectivity index is 2.53. The lowest BCUT2D eigenvalue weighted by molar-refractivity contribution is -0.118. The van der Waals surface area contributed by atoms with Crippen molar-refractivity contribution in [3.63, 3.8) is 0 Å². The van der Waals surface area contributed by atoms with Crippen molar-refractivity contribution in [1.82, 2.24) is 0 Å². The Labute approximate surface area is 76.7 Å². The van der Waals surface area contributed by atoms with Crippen LogP contribution in [0.5, 0.6) is 5.75 Å². The summed E-state index contributed by atoms with van der Waals surface area (Å²) >= 11 is 0. The van der Waals surface area contributed by atoms with Gasteiger partial charge in [0.05, 0.1) is 5.69 Å². The minimum absolute atomic E-state index is 0.0856. The Morgan fingerprint density at radius 1 is 1.38 bits per heavy atom. The Bertz CT molecular complexity index is 371. The summed E-state index contributed by atoms with van der Waals surface area (Å²) in [6.45, 7) is 4.09. The predicted molar refractivity (Wildman–Crippen MR) is 50.0 cm³/mol. The quantitative estimate of drug-likeness (QED) is 0.654. The highest BCUT2D eigenvalue weighted by molar-refractivity contribution is 5.95. The monoisotopic (exact) mass is 177 g/mol. The number of aryl methyl sites for hydroxylation is 2. The minimum atomic E-state index is -0.0856. The zero-order valence-electron chi connectivity index (χ0n) is 7.68. The number of amides is 1. The fraction of sp³-hybridized carbons (Fsp3) is 0.300. The largest absolute Gasteiger partial charge is 0.481 e. The summed E-state index contributed by atoms with van der Waals surface area (Å²) in [4.78, 5) is 11.0. The van der Waals surface area contributed by atoms with Crippen molar-refractivity contribution in [2.45, 2.75) is 13.8 Å². The second-order valence-corrected chi connectivity index (χ2v) is 3.30. The fourth-order valence-electron chi connectivity index (χ4n) is 1.56. The second-order valence-electron chi connectivity index (χ2n) is 3.30. The first-order valence-electron chi connectivity index (χ1n) is 4.21. The third-order valence-corrected chi connectivity index (χ3v) is 2.04. The zero-order chi connectivity index (χ0) is 9.42. The summed E-state index contributed by atoms with van der Waals surface area (Å²) in [5.41, 5.74) is 2.98. The molecule has 0 fully saturated rings. The predicted octanol–water partition coefficient (Wildman–Crippen LogP) is 1.63. The van der Waals surface area contributed by atoms with E-state index in [1.807, 2.05) is 26.0 Å². The summed E-state index contributed by atoms with van der Waals surface area (Å²) in [6.07, 6.45) is 0. The van der Waals surface area contributed by atoms with E-state index in [1.165, 1.54) is 0 Å². The van der Waals surface area contributed by atoms with E-state index in [9.17, 15) is 4.79 Å². The van der Waals surface area contributed by atoms with Crippen LogP contribution in [0.4, 0.5) is 5.69 Å². The van der Waals surface area contributed by atoms with E-state index >= 15 is 0 Å². The van der Waals surface area contributed by atoms with Gasteiger partial charge in [-0.25, -0.2) is 0 Å². The van der Waals surface area contributed by atoms with E-state index in [-0.39, 0.29) is 12.5 Å². The zero-order valence-corrected chi connectivity index (χ0v) is 7.68. The van der Waals surface area contributed by atoms with Crippen LogP contribution in [0.1, 0.15) is 11.1 Å². The van der Waals surface area contributed by atoms with Crippen LogP contribution in [-0.2, 0) is 4.79 Å². The van der Waals surface area contributed by atoms with E-state index in [2.05, 4.69) is 5.32 Å². The van der Waals surface area contributed by atoms with Crippen molar-refractivity contribution in [3.05, 3.63) is 23.3 Å². The summed E-state index contributed by atoms with van der Waals surface area (Å²) in [7, 11) is 0. The van der Waals surface area contributed by atoms with Crippen LogP contribution in [0.3, 0.4) is 0 Å². The molecule has 0 spiro atoms. The van der Waals surface area contributed by atoms with Crippen LogP contribution in [0.15, 0.2) is 12.1 Å². The Morgan fingerprint density at radius 2 is 2.15 bits per heavy atom. The van der Waals surface area contributed by atoms with E-state index in [0.29, 0.717) is 0 Å². The first-order chi connectivity index (χ1) is 6.16. The highest BCUT2D eigenvalue weighted by atomic mass is 16.5. The van der Waals surface area contributed by atoms with Crippen LogP contribution in [0.25, 0.3) is 0 Å². The summed E-state index contributed by atoms with van der Waals surface area (Å²) in [5.74, 6) is 0.711. The highest BCUT2D eigenvalue weighted by Crippen LogP contribution is 2.32. The molecule has 2 rings (SSSR count). The van der Waals surface area contributed by atoms with Gasteiger partial charge in [-0.05, 0) is 31.0 Å². The first-order valence-corrected chi connectivity index (χ1v) is 4.21. The smallest absolute Gasteiger partial charge is 0.262 e. The lowest BCUT2D eigenvalue weighted by atomic mass is 10.1. The van der Waals surface area contributed by atoms with Gasteiger partial charge in [0.15, 0.2) is 6.61 Å². The second kappa shape index (κ2) is 2.76. The third kappa shape index (κ3) is 1.37. The molecule has 0 radical (unpaired) electrons. The molecule has 0 bridgehead atoms. The van der Waals surface area contributed by atoms with Crippen LogP contribution in [0, 0.1) is 13.8 Å². The van der Waals surface area contributed by atoms with Crippen LogP contribution >= 0.6 is 0 Å². The van der Waals surface area contributed by atoms with Crippen molar-refractivity contribution >= 4 is 11.6 Å². The van der Waals surface area contributed by atoms with Crippen molar-refractivity contribution in [2.24, 2.45) is 0 Å². The number of hydrogen-bond acceptors (Lipinski definition) is 2. The maximum absolute atomic E-state index is 11.0. The molecule has 0 saturated carbocycles. The Hall–Kier alpha value is -1.51. The van der Waals surface area contributed by atoms with Gasteiger partial charge < -0.3 is 10.1 Å². The number of carbonyl (C=O) groups excluding carboxylic acids is 1. The van der Waals surface area contributed by atoms with Gasteiger partial charge in [0.1, 0.15) is 5.75 Å². The van der Waals surface area contributed by atoms with Crippen LogP contribution < -0.4 is 10.1 Å². The van der Waals surface area contributed by atoms with Gasteiger partial charge in [-0.3, -0.25) is 4.79 Å². The maximum atomic E-state index is 11.0. The molecule has 0 aliphatic carbocycles. The molecule has 3 heteroatoms. The average molecular weight is 177 g/mol. The van der Waals surface area contributed by atoms with Gasteiger partial charge in [0, 0.05) is 0 Å². The van der Waals surface area contributed by atoms with E-state index in [1.54, 1.807) is 0 Å². The lowest BCUT2D eigenvalue weighted by Gasteiger charge is -2.20. The molecule has 0 saturated heterocycles. The number of carbonyl (C=O) groups is 1. The molecule has 0 atom stereocenters. The molecule has 1 aliphatic rings. The number of nitrogens with one attached hydrogen (secondary N) is 1. The molecule has 1 aliphatic heterocycles. The van der Waals surface area contributed by atoms with Gasteiger partial charge in [-0.2, -0.15) is 0 Å². The molecular formula is C10H11NO2. The highest BCUT2D eigenvalue weighted by Gasteiger charge is 2.17. The summed E-state index contributed by atoms with van der Waals surface area (Å²) in [6, 6.07) is 3.95. The first kappa shape index (κ1) is 8.10. The summed E-state index contributed by atoms with van der Waals surface area (Å²) < 4.78 is 5.31. The molecule has 13 heavy (non-hydrogen) atoms. The van der Waals surface area contributed by atoms with Gasteiger partial charge >= 0.3 is 0 Å². The SMILES string of the molecule is Cc1cc(C)c2c(c1)NC(=O)CO2. The number of rotatable bonds is 0.